The van der Waals surface area contributed by atoms with E-state index in [1.54, 1.807) is 0 Å². The van der Waals surface area contributed by atoms with Gasteiger partial charge in [0.15, 0.2) is 0 Å². The van der Waals surface area contributed by atoms with Gasteiger partial charge in [0.25, 0.3) is 0 Å². The van der Waals surface area contributed by atoms with E-state index < -0.39 is 0 Å². The lowest BCUT2D eigenvalue weighted by atomic mass is 10.2. The van der Waals surface area contributed by atoms with Crippen molar-refractivity contribution in [1.82, 2.24) is 5.32 Å². The van der Waals surface area contributed by atoms with Crippen molar-refractivity contribution in [2.75, 3.05) is 18.8 Å². The summed E-state index contributed by atoms with van der Waals surface area (Å²) in [5.74, 6) is 0.944. The molecule has 1 nitrogen and oxygen atoms in total. The second-order valence-corrected chi connectivity index (χ2v) is 2.76. The lowest BCUT2D eigenvalue weighted by molar-refractivity contribution is 0.520. The van der Waals surface area contributed by atoms with Gasteiger partial charge < -0.3 is 5.32 Å². The van der Waals surface area contributed by atoms with Gasteiger partial charge in [-0.25, -0.2) is 0 Å². The van der Waals surface area contributed by atoms with E-state index in [2.05, 4.69) is 17.9 Å². The first-order chi connectivity index (χ1) is 4.41. The molecular formula is C7H17NS. The molecule has 1 fully saturated rings. The first kappa shape index (κ1) is 9.31. The summed E-state index contributed by atoms with van der Waals surface area (Å²) in [7, 11) is 0. The molecule has 1 rings (SSSR count). The van der Waals surface area contributed by atoms with Crippen LogP contribution in [0, 0.1) is 0 Å². The molecule has 1 heterocycles. The molecule has 9 heavy (non-hydrogen) atoms. The van der Waals surface area contributed by atoms with Gasteiger partial charge in [0.05, 0.1) is 0 Å². The maximum absolute atomic E-state index is 3.79. The standard InChI is InChI=1S/C5H11N.C2H6S/c1-2-4-6-5-3-1;1-2-3/h6H,1-5H2;3H,2H2,1H3. The third-order valence-electron chi connectivity index (χ3n) is 1.21. The number of hydrogen-bond acceptors (Lipinski definition) is 2. The van der Waals surface area contributed by atoms with Gasteiger partial charge in [0, 0.05) is 0 Å². The molecule has 1 saturated heterocycles. The van der Waals surface area contributed by atoms with E-state index in [-0.39, 0.29) is 0 Å². The van der Waals surface area contributed by atoms with Crippen molar-refractivity contribution in [2.24, 2.45) is 0 Å². The average molecular weight is 147 g/mol. The number of nitrogens with one attached hydrogen (secondary N) is 1. The first-order valence-corrected chi connectivity index (χ1v) is 4.36. The highest BCUT2D eigenvalue weighted by atomic mass is 32.1. The summed E-state index contributed by atoms with van der Waals surface area (Å²) in [4.78, 5) is 0. The van der Waals surface area contributed by atoms with Crippen LogP contribution in [0.1, 0.15) is 26.2 Å². The van der Waals surface area contributed by atoms with Crippen molar-refractivity contribution in [3.05, 3.63) is 0 Å². The number of rotatable bonds is 0. The molecule has 0 aromatic carbocycles. The van der Waals surface area contributed by atoms with Crippen molar-refractivity contribution in [3.8, 4) is 0 Å². The van der Waals surface area contributed by atoms with Crippen LogP contribution in [-0.4, -0.2) is 18.8 Å². The normalized spacial score (nSPS) is 18.0. The van der Waals surface area contributed by atoms with Crippen LogP contribution in [-0.2, 0) is 0 Å². The van der Waals surface area contributed by atoms with Gasteiger partial charge in [0.1, 0.15) is 0 Å². The molecule has 0 radical (unpaired) electrons. The summed E-state index contributed by atoms with van der Waals surface area (Å²) >= 11 is 3.79. The zero-order valence-corrected chi connectivity index (χ0v) is 7.08. The predicted molar refractivity (Wildman–Crippen MR) is 46.2 cm³/mol. The highest BCUT2D eigenvalue weighted by molar-refractivity contribution is 7.80. The Morgan fingerprint density at radius 2 is 1.67 bits per heavy atom. The van der Waals surface area contributed by atoms with E-state index in [0.29, 0.717) is 0 Å². The van der Waals surface area contributed by atoms with Gasteiger partial charge in [-0.2, -0.15) is 12.6 Å². The Balaban J connectivity index is 0.000000187. The first-order valence-electron chi connectivity index (χ1n) is 3.73. The molecular weight excluding hydrogens is 130 g/mol. The lowest BCUT2D eigenvalue weighted by Gasteiger charge is -2.08. The van der Waals surface area contributed by atoms with Crippen LogP contribution in [0.2, 0.25) is 0 Å². The number of thiol groups is 1. The molecule has 0 bridgehead atoms. The molecule has 1 N–H and O–H groups in total. The maximum Gasteiger partial charge on any atom is -0.00489 e. The molecule has 1 aliphatic rings. The molecule has 0 spiro atoms. The van der Waals surface area contributed by atoms with Crippen LogP contribution in [0.15, 0.2) is 0 Å². The van der Waals surface area contributed by atoms with Gasteiger partial charge in [-0.1, -0.05) is 13.3 Å². The minimum Gasteiger partial charge on any atom is -0.317 e. The summed E-state index contributed by atoms with van der Waals surface area (Å²) in [5.41, 5.74) is 0. The van der Waals surface area contributed by atoms with Gasteiger partial charge in [-0.15, -0.1) is 0 Å². The van der Waals surface area contributed by atoms with Gasteiger partial charge in [-0.3, -0.25) is 0 Å². The van der Waals surface area contributed by atoms with E-state index in [1.165, 1.54) is 32.4 Å². The fourth-order valence-electron chi connectivity index (χ4n) is 0.802. The third-order valence-corrected chi connectivity index (χ3v) is 1.21. The molecule has 0 saturated carbocycles. The van der Waals surface area contributed by atoms with Crippen LogP contribution in [0.3, 0.4) is 0 Å². The molecule has 1 aliphatic heterocycles. The average Bonchev–Trinajstić information content (AvgIpc) is 1.93. The van der Waals surface area contributed by atoms with Crippen LogP contribution in [0.25, 0.3) is 0 Å². The summed E-state index contributed by atoms with van der Waals surface area (Å²) in [6, 6.07) is 0. The molecule has 0 unspecified atom stereocenters. The largest absolute Gasteiger partial charge is 0.317 e. The van der Waals surface area contributed by atoms with Crippen molar-refractivity contribution in [2.45, 2.75) is 26.2 Å². The quantitative estimate of drug-likeness (QED) is 0.497. The Hall–Kier alpha value is 0.310. The summed E-state index contributed by atoms with van der Waals surface area (Å²) in [5, 5.41) is 3.28. The number of hydrogen-bond donors (Lipinski definition) is 2. The molecule has 0 aliphatic carbocycles. The smallest absolute Gasteiger partial charge is 0.00489 e. The van der Waals surface area contributed by atoms with Gasteiger partial charge in [-0.05, 0) is 31.7 Å². The highest BCUT2D eigenvalue weighted by Crippen LogP contribution is 1.96. The topological polar surface area (TPSA) is 12.0 Å². The lowest BCUT2D eigenvalue weighted by Crippen LogP contribution is -2.21. The van der Waals surface area contributed by atoms with E-state index in [4.69, 9.17) is 0 Å². The fourth-order valence-corrected chi connectivity index (χ4v) is 0.802. The van der Waals surface area contributed by atoms with Crippen LogP contribution >= 0.6 is 12.6 Å². The highest BCUT2D eigenvalue weighted by Gasteiger charge is 1.93. The minimum absolute atomic E-state index is 0.944. The molecule has 2 heteroatoms. The van der Waals surface area contributed by atoms with Crippen LogP contribution in [0.5, 0.6) is 0 Å². The van der Waals surface area contributed by atoms with Crippen molar-refractivity contribution >= 4 is 12.6 Å². The second-order valence-electron chi connectivity index (χ2n) is 2.13. The van der Waals surface area contributed by atoms with Crippen molar-refractivity contribution in [1.29, 1.82) is 0 Å². The molecule has 56 valence electrons. The zero-order valence-electron chi connectivity index (χ0n) is 6.19. The van der Waals surface area contributed by atoms with E-state index in [9.17, 15) is 0 Å². The van der Waals surface area contributed by atoms with E-state index in [0.717, 1.165) is 5.75 Å². The number of piperidine rings is 1. The minimum atomic E-state index is 0.944. The monoisotopic (exact) mass is 147 g/mol. The van der Waals surface area contributed by atoms with Crippen molar-refractivity contribution < 1.29 is 0 Å². The van der Waals surface area contributed by atoms with E-state index in [1.807, 2.05) is 6.92 Å². The summed E-state index contributed by atoms with van der Waals surface area (Å²) < 4.78 is 0. The molecule has 0 aromatic heterocycles. The predicted octanol–water partition coefficient (Wildman–Crippen LogP) is 1.70. The maximum atomic E-state index is 3.79. The molecule has 0 aromatic rings. The van der Waals surface area contributed by atoms with E-state index >= 15 is 0 Å². The Morgan fingerprint density at radius 1 is 1.22 bits per heavy atom. The second kappa shape index (κ2) is 8.31. The Kier molecular flexibility index (Phi) is 8.60. The Bertz CT molecular complexity index is 32.7. The Labute approximate surface area is 63.6 Å². The summed E-state index contributed by atoms with van der Waals surface area (Å²) in [6.45, 7) is 4.49. The van der Waals surface area contributed by atoms with Gasteiger partial charge in [0.2, 0.25) is 0 Å². The van der Waals surface area contributed by atoms with Crippen molar-refractivity contribution in [3.63, 3.8) is 0 Å². The van der Waals surface area contributed by atoms with Crippen LogP contribution in [0.4, 0.5) is 0 Å². The van der Waals surface area contributed by atoms with Gasteiger partial charge >= 0.3 is 0 Å². The molecule has 0 atom stereocenters. The third kappa shape index (κ3) is 8.31. The van der Waals surface area contributed by atoms with Crippen LogP contribution < -0.4 is 5.32 Å². The zero-order chi connectivity index (χ0) is 6.95. The Morgan fingerprint density at radius 3 is 1.78 bits per heavy atom. The summed E-state index contributed by atoms with van der Waals surface area (Å²) in [6.07, 6.45) is 4.22. The molecule has 0 amide bonds. The fraction of sp³-hybridized carbons (Fsp3) is 1.00. The SMILES string of the molecule is C1CCNCC1.CCS.